The Kier molecular flexibility index (Phi) is 6.14. The fourth-order valence-corrected chi connectivity index (χ4v) is 4.63. The minimum absolute atomic E-state index is 0.0551. The molecule has 4 nitrogen and oxygen atoms in total. The van der Waals surface area contributed by atoms with Crippen molar-refractivity contribution in [1.29, 1.82) is 0 Å². The van der Waals surface area contributed by atoms with E-state index in [4.69, 9.17) is 16.3 Å². The van der Waals surface area contributed by atoms with E-state index in [1.54, 1.807) is 6.07 Å². The van der Waals surface area contributed by atoms with Crippen molar-refractivity contribution in [3.63, 3.8) is 0 Å². The molecule has 0 aromatic heterocycles. The molecule has 1 unspecified atom stereocenters. The van der Waals surface area contributed by atoms with Gasteiger partial charge in [0.2, 0.25) is 0 Å². The number of hydrogen-bond donors (Lipinski definition) is 0. The average Bonchev–Trinajstić information content (AvgIpc) is 2.74. The molecular formula is C25H24ClNO3. The summed E-state index contributed by atoms with van der Waals surface area (Å²) in [7, 11) is 0. The molecule has 0 N–H and O–H groups in total. The van der Waals surface area contributed by atoms with Gasteiger partial charge in [0.25, 0.3) is 0 Å². The van der Waals surface area contributed by atoms with Crippen molar-refractivity contribution >= 4 is 29.1 Å². The first-order valence-corrected chi connectivity index (χ1v) is 10.7. The third-order valence-electron chi connectivity index (χ3n) is 5.81. The van der Waals surface area contributed by atoms with Crippen LogP contribution in [0, 0.1) is 5.92 Å². The second kappa shape index (κ2) is 8.97. The molecule has 1 aliphatic heterocycles. The average molecular weight is 422 g/mol. The number of carbonyl (C=O) groups excluding carboxylic acids is 2. The second-order valence-electron chi connectivity index (χ2n) is 7.77. The molecule has 0 fully saturated rings. The summed E-state index contributed by atoms with van der Waals surface area (Å²) in [6.07, 6.45) is 2.65. The number of Topliss-reactive ketones (excluding diaryl/α,β-unsaturated/α-hetero) is 1. The Bertz CT molecular complexity index is 1030. The van der Waals surface area contributed by atoms with Gasteiger partial charge < -0.3 is 4.74 Å². The van der Waals surface area contributed by atoms with Crippen molar-refractivity contribution in [2.75, 3.05) is 6.61 Å². The lowest BCUT2D eigenvalue weighted by molar-refractivity contribution is -0.146. The molecule has 2 aliphatic rings. The number of ketones is 1. The van der Waals surface area contributed by atoms with Gasteiger partial charge in [0.15, 0.2) is 5.78 Å². The van der Waals surface area contributed by atoms with Gasteiger partial charge in [-0.2, -0.15) is 0 Å². The normalized spacial score (nSPS) is 21.1. The highest BCUT2D eigenvalue weighted by atomic mass is 35.5. The molecule has 2 atom stereocenters. The van der Waals surface area contributed by atoms with Crippen LogP contribution in [0.3, 0.4) is 0 Å². The van der Waals surface area contributed by atoms with Crippen molar-refractivity contribution in [3.05, 3.63) is 82.0 Å². The lowest BCUT2D eigenvalue weighted by atomic mass is 9.72. The smallest absolute Gasteiger partial charge is 0.315 e. The van der Waals surface area contributed by atoms with Crippen molar-refractivity contribution in [3.8, 4) is 0 Å². The molecule has 0 bridgehead atoms. The number of rotatable bonds is 5. The Morgan fingerprint density at radius 2 is 1.83 bits per heavy atom. The number of hydrogen-bond acceptors (Lipinski definition) is 4. The number of nitrogens with zero attached hydrogens (tertiary/aromatic N) is 1. The van der Waals surface area contributed by atoms with Crippen LogP contribution in [0.4, 0.5) is 0 Å². The first-order chi connectivity index (χ1) is 14.6. The highest BCUT2D eigenvalue weighted by molar-refractivity contribution is 6.31. The zero-order valence-corrected chi connectivity index (χ0v) is 17.7. The zero-order valence-electron chi connectivity index (χ0n) is 16.9. The van der Waals surface area contributed by atoms with Crippen molar-refractivity contribution in [2.45, 2.75) is 38.5 Å². The van der Waals surface area contributed by atoms with Gasteiger partial charge in [0.05, 0.1) is 6.61 Å². The summed E-state index contributed by atoms with van der Waals surface area (Å²) in [6, 6.07) is 17.3. The number of ether oxygens (including phenoxy) is 1. The van der Waals surface area contributed by atoms with Crippen molar-refractivity contribution in [1.82, 2.24) is 0 Å². The van der Waals surface area contributed by atoms with Gasteiger partial charge >= 0.3 is 5.97 Å². The van der Waals surface area contributed by atoms with E-state index in [2.05, 4.69) is 4.99 Å². The van der Waals surface area contributed by atoms with Gasteiger partial charge in [-0.15, -0.1) is 0 Å². The van der Waals surface area contributed by atoms with Gasteiger partial charge in [-0.1, -0.05) is 60.1 Å². The van der Waals surface area contributed by atoms with Crippen LogP contribution in [0.5, 0.6) is 0 Å². The van der Waals surface area contributed by atoms with Gasteiger partial charge in [0, 0.05) is 40.8 Å². The van der Waals surface area contributed by atoms with Gasteiger partial charge in [0.1, 0.15) is 5.92 Å². The minimum Gasteiger partial charge on any atom is -0.465 e. The summed E-state index contributed by atoms with van der Waals surface area (Å²) in [5.41, 5.74) is 3.99. The second-order valence-corrected chi connectivity index (χ2v) is 8.18. The van der Waals surface area contributed by atoms with E-state index in [0.717, 1.165) is 29.7 Å². The molecule has 0 amide bonds. The number of halogens is 1. The summed E-state index contributed by atoms with van der Waals surface area (Å²) >= 11 is 6.51. The lowest BCUT2D eigenvalue weighted by Gasteiger charge is -2.34. The Hall–Kier alpha value is -2.72. The first kappa shape index (κ1) is 20.5. The molecule has 30 heavy (non-hydrogen) atoms. The molecule has 5 heteroatoms. The molecule has 2 aromatic carbocycles. The Labute approximate surface area is 181 Å². The van der Waals surface area contributed by atoms with E-state index in [1.165, 1.54) is 0 Å². The van der Waals surface area contributed by atoms with Crippen LogP contribution in [-0.2, 0) is 20.7 Å². The Morgan fingerprint density at radius 3 is 2.60 bits per heavy atom. The molecule has 1 aliphatic carbocycles. The highest BCUT2D eigenvalue weighted by Gasteiger charge is 2.43. The highest BCUT2D eigenvalue weighted by Crippen LogP contribution is 2.45. The summed E-state index contributed by atoms with van der Waals surface area (Å²) < 4.78 is 5.67. The maximum absolute atomic E-state index is 13.2. The summed E-state index contributed by atoms with van der Waals surface area (Å²) in [5, 5.41) is 0.546. The van der Waals surface area contributed by atoms with E-state index in [0.29, 0.717) is 29.1 Å². The van der Waals surface area contributed by atoms with E-state index in [-0.39, 0.29) is 18.4 Å². The molecular weight excluding hydrogens is 398 g/mol. The summed E-state index contributed by atoms with van der Waals surface area (Å²) in [5.74, 6) is -1.41. The van der Waals surface area contributed by atoms with Crippen LogP contribution in [0.2, 0.25) is 5.02 Å². The van der Waals surface area contributed by atoms with Crippen LogP contribution < -0.4 is 0 Å². The number of benzene rings is 2. The number of aliphatic imine (C=N–C) groups is 1. The molecule has 0 saturated carbocycles. The van der Waals surface area contributed by atoms with E-state index in [1.807, 2.05) is 55.5 Å². The topological polar surface area (TPSA) is 55.7 Å². The Balaban J connectivity index is 1.64. The maximum Gasteiger partial charge on any atom is 0.315 e. The predicted octanol–water partition coefficient (Wildman–Crippen LogP) is 5.31. The van der Waals surface area contributed by atoms with Crippen LogP contribution in [0.25, 0.3) is 0 Å². The quantitative estimate of drug-likeness (QED) is 0.615. The van der Waals surface area contributed by atoms with E-state index in [9.17, 15) is 9.59 Å². The first-order valence-electron chi connectivity index (χ1n) is 10.3. The standard InChI is InChI=1S/C25H24ClNO3/c1-16-22(25(29)30-15-14-17-8-3-2-4-9-17)23(18-10-5-6-11-19(18)26)24-20(27-16)12-7-13-21(24)28/h2-6,8-11,22-23H,7,12-15H2,1H3/t22?,23-/m1/s1. The number of esters is 1. The fourth-order valence-electron chi connectivity index (χ4n) is 4.38. The molecule has 0 spiro atoms. The van der Waals surface area contributed by atoms with Crippen molar-refractivity contribution in [2.24, 2.45) is 10.9 Å². The minimum atomic E-state index is -0.651. The predicted molar refractivity (Wildman–Crippen MR) is 118 cm³/mol. The molecule has 4 rings (SSSR count). The fraction of sp³-hybridized carbons (Fsp3) is 0.320. The number of carbonyl (C=O) groups is 2. The third kappa shape index (κ3) is 4.10. The maximum atomic E-state index is 13.2. The molecule has 0 radical (unpaired) electrons. The van der Waals surface area contributed by atoms with Crippen LogP contribution in [0.1, 0.15) is 43.2 Å². The van der Waals surface area contributed by atoms with Gasteiger partial charge in [-0.3, -0.25) is 14.6 Å². The zero-order chi connectivity index (χ0) is 21.1. The summed E-state index contributed by atoms with van der Waals surface area (Å²) in [6.45, 7) is 2.12. The summed E-state index contributed by atoms with van der Waals surface area (Å²) in [4.78, 5) is 30.7. The third-order valence-corrected chi connectivity index (χ3v) is 6.15. The molecule has 1 heterocycles. The van der Waals surface area contributed by atoms with Crippen LogP contribution >= 0.6 is 11.6 Å². The van der Waals surface area contributed by atoms with Crippen molar-refractivity contribution < 1.29 is 14.3 Å². The lowest BCUT2D eigenvalue weighted by Crippen LogP contribution is -2.37. The number of allylic oxidation sites excluding steroid dienone is 2. The monoisotopic (exact) mass is 421 g/mol. The molecule has 154 valence electrons. The van der Waals surface area contributed by atoms with E-state index >= 15 is 0 Å². The molecule has 0 saturated heterocycles. The SMILES string of the molecule is CC1=NC2=C(C(=O)CCC2)[C@H](c2ccccc2Cl)C1C(=O)OCCc1ccccc1. The van der Waals surface area contributed by atoms with Crippen LogP contribution in [0.15, 0.2) is 70.9 Å². The van der Waals surface area contributed by atoms with Gasteiger partial charge in [-0.25, -0.2) is 0 Å². The van der Waals surface area contributed by atoms with Gasteiger partial charge in [-0.05, 0) is 37.0 Å². The Morgan fingerprint density at radius 1 is 1.10 bits per heavy atom. The molecule has 2 aromatic rings. The van der Waals surface area contributed by atoms with E-state index < -0.39 is 11.8 Å². The van der Waals surface area contributed by atoms with Crippen LogP contribution in [-0.4, -0.2) is 24.1 Å². The largest absolute Gasteiger partial charge is 0.465 e.